The molecule has 124 valence electrons. The van der Waals surface area contributed by atoms with Crippen molar-refractivity contribution in [2.75, 3.05) is 45.3 Å². The lowest BCUT2D eigenvalue weighted by molar-refractivity contribution is -0.116. The fourth-order valence-electron chi connectivity index (χ4n) is 1.98. The average molecular weight is 327 g/mol. The Morgan fingerprint density at radius 1 is 1.09 bits per heavy atom. The van der Waals surface area contributed by atoms with E-state index in [2.05, 4.69) is 5.32 Å². The van der Waals surface area contributed by atoms with Gasteiger partial charge in [-0.25, -0.2) is 12.7 Å². The molecule has 0 heterocycles. The Morgan fingerprint density at radius 2 is 1.73 bits per heavy atom. The lowest BCUT2D eigenvalue weighted by atomic mass is 10.3. The Morgan fingerprint density at radius 3 is 2.27 bits per heavy atom. The Labute approximate surface area is 133 Å². The third-order valence-electron chi connectivity index (χ3n) is 3.13. The maximum atomic E-state index is 11.9. The summed E-state index contributed by atoms with van der Waals surface area (Å²) in [4.78, 5) is 13.9. The van der Waals surface area contributed by atoms with Gasteiger partial charge >= 0.3 is 0 Å². The number of carbonyl (C=O) groups is 1. The summed E-state index contributed by atoms with van der Waals surface area (Å²) in [6, 6.07) is 9.12. The largest absolute Gasteiger partial charge is 0.326 e. The van der Waals surface area contributed by atoms with E-state index in [1.165, 1.54) is 10.6 Å². The summed E-state index contributed by atoms with van der Waals surface area (Å²) in [6.45, 7) is 1.43. The molecule has 0 aromatic heterocycles. The second kappa shape index (κ2) is 8.87. The molecule has 1 aromatic carbocycles. The predicted molar refractivity (Wildman–Crippen MR) is 89.3 cm³/mol. The van der Waals surface area contributed by atoms with E-state index in [1.54, 1.807) is 12.1 Å². The van der Waals surface area contributed by atoms with Crippen LogP contribution in [0.15, 0.2) is 30.3 Å². The highest BCUT2D eigenvalue weighted by Gasteiger charge is 2.17. The number of hydrogen-bond acceptors (Lipinski definition) is 4. The Balaban J connectivity index is 2.47. The van der Waals surface area contributed by atoms with E-state index < -0.39 is 10.0 Å². The van der Waals surface area contributed by atoms with Crippen LogP contribution in [0, 0.1) is 0 Å². The van der Waals surface area contributed by atoms with E-state index in [9.17, 15) is 13.2 Å². The zero-order chi connectivity index (χ0) is 16.6. The highest BCUT2D eigenvalue weighted by Crippen LogP contribution is 2.07. The standard InChI is InChI=1S/C15H25N3O3S/c1-17(2)11-7-12-18(22(3,20)21)13-10-15(19)16-14-8-5-4-6-9-14/h4-6,8-9H,7,10-13H2,1-3H3,(H,16,19). The first-order valence-corrected chi connectivity index (χ1v) is 9.08. The van der Waals surface area contributed by atoms with E-state index >= 15 is 0 Å². The van der Waals surface area contributed by atoms with Gasteiger partial charge in [0.2, 0.25) is 15.9 Å². The number of benzene rings is 1. The molecular formula is C15H25N3O3S. The number of amides is 1. The minimum Gasteiger partial charge on any atom is -0.326 e. The Kier molecular flexibility index (Phi) is 7.50. The Hall–Kier alpha value is -1.44. The summed E-state index contributed by atoms with van der Waals surface area (Å²) in [6.07, 6.45) is 2.06. The third kappa shape index (κ3) is 7.53. The average Bonchev–Trinajstić information content (AvgIpc) is 2.42. The van der Waals surface area contributed by atoms with Crippen molar-refractivity contribution in [1.29, 1.82) is 0 Å². The van der Waals surface area contributed by atoms with Crippen LogP contribution < -0.4 is 5.32 Å². The molecule has 0 aliphatic rings. The molecule has 0 spiro atoms. The molecule has 0 saturated carbocycles. The van der Waals surface area contributed by atoms with Crippen LogP contribution in [0.5, 0.6) is 0 Å². The molecule has 1 N–H and O–H groups in total. The van der Waals surface area contributed by atoms with Crippen LogP contribution in [-0.4, -0.2) is 63.5 Å². The molecule has 0 fully saturated rings. The van der Waals surface area contributed by atoms with Crippen LogP contribution in [-0.2, 0) is 14.8 Å². The van der Waals surface area contributed by atoms with Crippen LogP contribution in [0.2, 0.25) is 0 Å². The van der Waals surface area contributed by atoms with Gasteiger partial charge in [-0.1, -0.05) is 18.2 Å². The van der Waals surface area contributed by atoms with Crippen LogP contribution >= 0.6 is 0 Å². The minimum atomic E-state index is -3.30. The summed E-state index contributed by atoms with van der Waals surface area (Å²) < 4.78 is 24.9. The van der Waals surface area contributed by atoms with Gasteiger partial charge in [-0.3, -0.25) is 4.79 Å². The number of sulfonamides is 1. The van der Waals surface area contributed by atoms with Gasteiger partial charge in [-0.2, -0.15) is 0 Å². The van der Waals surface area contributed by atoms with Crippen LogP contribution in [0.3, 0.4) is 0 Å². The third-order valence-corrected chi connectivity index (χ3v) is 4.43. The summed E-state index contributed by atoms with van der Waals surface area (Å²) >= 11 is 0. The SMILES string of the molecule is CN(C)CCCN(CCC(=O)Nc1ccccc1)S(C)(=O)=O. The summed E-state index contributed by atoms with van der Waals surface area (Å²) in [5, 5.41) is 2.75. The van der Waals surface area contributed by atoms with E-state index in [-0.39, 0.29) is 18.9 Å². The van der Waals surface area contributed by atoms with Crippen molar-refractivity contribution in [2.45, 2.75) is 12.8 Å². The lowest BCUT2D eigenvalue weighted by Crippen LogP contribution is -2.35. The van der Waals surface area contributed by atoms with Crippen LogP contribution in [0.1, 0.15) is 12.8 Å². The molecule has 22 heavy (non-hydrogen) atoms. The second-order valence-electron chi connectivity index (χ2n) is 5.48. The van der Waals surface area contributed by atoms with Crippen molar-refractivity contribution in [3.63, 3.8) is 0 Å². The molecule has 0 aliphatic carbocycles. The molecule has 0 unspecified atom stereocenters. The minimum absolute atomic E-state index is 0.143. The van der Waals surface area contributed by atoms with Crippen molar-refractivity contribution < 1.29 is 13.2 Å². The predicted octanol–water partition coefficient (Wildman–Crippen LogP) is 1.23. The van der Waals surface area contributed by atoms with E-state index in [0.29, 0.717) is 12.2 Å². The molecule has 7 heteroatoms. The summed E-state index contributed by atoms with van der Waals surface area (Å²) in [5.74, 6) is -0.188. The lowest BCUT2D eigenvalue weighted by Gasteiger charge is -2.20. The molecule has 6 nitrogen and oxygen atoms in total. The maximum Gasteiger partial charge on any atom is 0.225 e. The van der Waals surface area contributed by atoms with E-state index in [4.69, 9.17) is 0 Å². The zero-order valence-electron chi connectivity index (χ0n) is 13.4. The number of para-hydroxylation sites is 1. The zero-order valence-corrected chi connectivity index (χ0v) is 14.3. The summed E-state index contributed by atoms with van der Waals surface area (Å²) in [5.41, 5.74) is 0.714. The molecular weight excluding hydrogens is 302 g/mol. The first-order chi connectivity index (χ1) is 10.3. The van der Waals surface area contributed by atoms with Gasteiger partial charge in [0.1, 0.15) is 0 Å². The van der Waals surface area contributed by atoms with E-state index in [0.717, 1.165) is 13.0 Å². The molecule has 1 rings (SSSR count). The van der Waals surface area contributed by atoms with Gasteiger partial charge in [0, 0.05) is 25.2 Å². The van der Waals surface area contributed by atoms with Gasteiger partial charge in [-0.05, 0) is 39.2 Å². The van der Waals surface area contributed by atoms with Crippen molar-refractivity contribution in [3.8, 4) is 0 Å². The molecule has 1 amide bonds. The van der Waals surface area contributed by atoms with Crippen molar-refractivity contribution in [1.82, 2.24) is 9.21 Å². The maximum absolute atomic E-state index is 11.9. The van der Waals surface area contributed by atoms with Gasteiger partial charge in [0.25, 0.3) is 0 Å². The quantitative estimate of drug-likeness (QED) is 0.740. The normalized spacial score (nSPS) is 11.9. The second-order valence-corrected chi connectivity index (χ2v) is 7.47. The highest BCUT2D eigenvalue weighted by molar-refractivity contribution is 7.88. The number of nitrogens with one attached hydrogen (secondary N) is 1. The number of anilines is 1. The number of carbonyl (C=O) groups excluding carboxylic acids is 1. The van der Waals surface area contributed by atoms with Gasteiger partial charge in [-0.15, -0.1) is 0 Å². The van der Waals surface area contributed by atoms with E-state index in [1.807, 2.05) is 37.2 Å². The van der Waals surface area contributed by atoms with Gasteiger partial charge < -0.3 is 10.2 Å². The smallest absolute Gasteiger partial charge is 0.225 e. The number of hydrogen-bond donors (Lipinski definition) is 1. The fourth-order valence-corrected chi connectivity index (χ4v) is 2.86. The molecule has 0 saturated heterocycles. The molecule has 0 bridgehead atoms. The Bertz CT molecular complexity index is 559. The topological polar surface area (TPSA) is 69.7 Å². The van der Waals surface area contributed by atoms with Gasteiger partial charge in [0.15, 0.2) is 0 Å². The summed E-state index contributed by atoms with van der Waals surface area (Å²) in [7, 11) is 0.589. The van der Waals surface area contributed by atoms with Gasteiger partial charge in [0.05, 0.1) is 6.26 Å². The molecule has 0 atom stereocenters. The van der Waals surface area contributed by atoms with Crippen LogP contribution in [0.4, 0.5) is 5.69 Å². The highest BCUT2D eigenvalue weighted by atomic mass is 32.2. The van der Waals surface area contributed by atoms with Crippen molar-refractivity contribution >= 4 is 21.6 Å². The molecule has 1 aromatic rings. The first kappa shape index (κ1) is 18.6. The number of nitrogens with zero attached hydrogens (tertiary/aromatic N) is 2. The molecule has 0 aliphatic heterocycles. The first-order valence-electron chi connectivity index (χ1n) is 7.24. The van der Waals surface area contributed by atoms with Crippen molar-refractivity contribution in [3.05, 3.63) is 30.3 Å². The monoisotopic (exact) mass is 327 g/mol. The fraction of sp³-hybridized carbons (Fsp3) is 0.533. The molecule has 0 radical (unpaired) electrons. The van der Waals surface area contributed by atoms with Crippen molar-refractivity contribution in [2.24, 2.45) is 0 Å². The van der Waals surface area contributed by atoms with Crippen LogP contribution in [0.25, 0.3) is 0 Å². The number of rotatable bonds is 9.